The summed E-state index contributed by atoms with van der Waals surface area (Å²) in [7, 11) is 0. The third-order valence-corrected chi connectivity index (χ3v) is 7.16. The van der Waals surface area contributed by atoms with E-state index < -0.39 is 0 Å². The lowest BCUT2D eigenvalue weighted by Crippen LogP contribution is -2.33. The minimum atomic E-state index is 0.146. The highest BCUT2D eigenvalue weighted by Gasteiger charge is 2.12. The molecule has 7 nitrogen and oxygen atoms in total. The summed E-state index contributed by atoms with van der Waals surface area (Å²) in [6.07, 6.45) is 9.78. The van der Waals surface area contributed by atoms with Gasteiger partial charge in [0.1, 0.15) is 12.4 Å². The fourth-order valence-corrected chi connectivity index (χ4v) is 5.21. The van der Waals surface area contributed by atoms with Crippen LogP contribution in [-0.2, 0) is 6.54 Å². The van der Waals surface area contributed by atoms with E-state index in [-0.39, 0.29) is 6.61 Å². The van der Waals surface area contributed by atoms with Crippen molar-refractivity contribution in [1.82, 2.24) is 24.8 Å². The van der Waals surface area contributed by atoms with E-state index in [2.05, 4.69) is 38.9 Å². The Morgan fingerprint density at radius 2 is 1.88 bits per heavy atom. The third kappa shape index (κ3) is 5.47. The van der Waals surface area contributed by atoms with Crippen molar-refractivity contribution in [2.45, 2.75) is 25.8 Å². The predicted octanol–water partition coefficient (Wildman–Crippen LogP) is 4.07. The number of aliphatic hydroxyl groups is 1. The normalized spacial score (nSPS) is 14.6. The Bertz CT molecular complexity index is 1200. The lowest BCUT2D eigenvalue weighted by Gasteiger charge is -2.26. The summed E-state index contributed by atoms with van der Waals surface area (Å²) in [5.74, 6) is 0.901. The van der Waals surface area contributed by atoms with Crippen LogP contribution in [0.1, 0.15) is 24.1 Å². The number of likely N-dealkylation sites (tertiary alicyclic amines) is 1. The van der Waals surface area contributed by atoms with E-state index in [1.807, 2.05) is 35.2 Å². The summed E-state index contributed by atoms with van der Waals surface area (Å²) in [6, 6.07) is 10.4. The zero-order valence-electron chi connectivity index (χ0n) is 19.3. The zero-order chi connectivity index (χ0) is 23.2. The van der Waals surface area contributed by atoms with Crippen molar-refractivity contribution in [3.05, 3.63) is 59.2 Å². The molecule has 1 saturated heterocycles. The van der Waals surface area contributed by atoms with Gasteiger partial charge in [-0.1, -0.05) is 18.6 Å². The van der Waals surface area contributed by atoms with E-state index in [1.54, 1.807) is 11.3 Å². The molecule has 0 bridgehead atoms. The van der Waals surface area contributed by atoms with E-state index in [0.717, 1.165) is 53.3 Å². The topological polar surface area (TPSA) is 74.9 Å². The molecular weight excluding hydrogens is 446 g/mol. The van der Waals surface area contributed by atoms with Gasteiger partial charge in [-0.3, -0.25) is 4.90 Å². The highest BCUT2D eigenvalue weighted by atomic mass is 32.1. The van der Waals surface area contributed by atoms with Gasteiger partial charge >= 0.3 is 0 Å². The fourth-order valence-electron chi connectivity index (χ4n) is 4.35. The van der Waals surface area contributed by atoms with Gasteiger partial charge in [-0.25, -0.2) is 9.50 Å². The average Bonchev–Trinajstić information content (AvgIpc) is 3.52. The molecule has 1 fully saturated rings. The quantitative estimate of drug-likeness (QED) is 0.336. The largest absolute Gasteiger partial charge is 0.492 e. The maximum atomic E-state index is 8.93. The first-order valence-corrected chi connectivity index (χ1v) is 12.9. The van der Waals surface area contributed by atoms with Crippen molar-refractivity contribution >= 4 is 17.0 Å². The van der Waals surface area contributed by atoms with Crippen molar-refractivity contribution in [1.29, 1.82) is 0 Å². The Balaban J connectivity index is 1.23. The van der Waals surface area contributed by atoms with Crippen LogP contribution in [0.3, 0.4) is 0 Å². The van der Waals surface area contributed by atoms with Crippen molar-refractivity contribution in [2.75, 3.05) is 39.4 Å². The molecule has 1 aliphatic rings. The number of nitrogens with one attached hydrogen (secondary N) is 1. The van der Waals surface area contributed by atoms with Gasteiger partial charge in [0.2, 0.25) is 0 Å². The van der Waals surface area contributed by atoms with E-state index in [0.29, 0.717) is 6.54 Å². The van der Waals surface area contributed by atoms with Crippen LogP contribution in [0.15, 0.2) is 54.3 Å². The van der Waals surface area contributed by atoms with Gasteiger partial charge in [0, 0.05) is 48.0 Å². The summed E-state index contributed by atoms with van der Waals surface area (Å²) in [4.78, 5) is 8.43. The number of rotatable bonds is 10. The molecule has 2 N–H and O–H groups in total. The van der Waals surface area contributed by atoms with E-state index in [9.17, 15) is 0 Å². The molecule has 1 aromatic carbocycles. The molecule has 34 heavy (non-hydrogen) atoms. The molecule has 0 atom stereocenters. The number of aliphatic hydroxyl groups excluding tert-OH is 1. The minimum absolute atomic E-state index is 0.146. The number of hydrogen-bond donors (Lipinski definition) is 2. The Hall–Kier alpha value is -2.78. The molecule has 1 aliphatic heterocycles. The summed E-state index contributed by atoms with van der Waals surface area (Å²) >= 11 is 1.70. The number of nitrogens with zero attached hydrogens (tertiary/aromatic N) is 4. The summed E-state index contributed by atoms with van der Waals surface area (Å²) in [5.41, 5.74) is 5.08. The second-order valence-corrected chi connectivity index (χ2v) is 9.64. The molecule has 0 amide bonds. The van der Waals surface area contributed by atoms with Crippen LogP contribution in [0.25, 0.3) is 27.9 Å². The summed E-state index contributed by atoms with van der Waals surface area (Å²) < 4.78 is 7.81. The van der Waals surface area contributed by atoms with Gasteiger partial charge in [0.15, 0.2) is 5.65 Å². The Labute approximate surface area is 204 Å². The highest BCUT2D eigenvalue weighted by molar-refractivity contribution is 7.10. The van der Waals surface area contributed by atoms with Crippen LogP contribution < -0.4 is 10.1 Å². The van der Waals surface area contributed by atoms with Crippen molar-refractivity contribution < 1.29 is 9.84 Å². The van der Waals surface area contributed by atoms with Gasteiger partial charge in [0.25, 0.3) is 0 Å². The SMILES string of the molecule is OCCNCc1cc(-c2cnn3cc(-c4ccc(OCCN5CCCCC5)cc4)cnc23)cs1. The summed E-state index contributed by atoms with van der Waals surface area (Å²) in [6.45, 7) is 5.61. The van der Waals surface area contributed by atoms with Gasteiger partial charge in [-0.2, -0.15) is 5.10 Å². The first-order valence-electron chi connectivity index (χ1n) is 12.0. The second-order valence-electron chi connectivity index (χ2n) is 8.65. The van der Waals surface area contributed by atoms with Gasteiger partial charge in [-0.15, -0.1) is 11.3 Å². The van der Waals surface area contributed by atoms with Crippen molar-refractivity contribution in [3.8, 4) is 28.0 Å². The average molecular weight is 478 g/mol. The molecule has 8 heteroatoms. The minimum Gasteiger partial charge on any atom is -0.492 e. The molecular formula is C26H31N5O2S. The standard InChI is InChI=1S/C26H31N5O2S/c32-12-8-27-16-24-14-21(19-34-24)25-17-29-31-18-22(15-28-26(25)31)20-4-6-23(7-5-20)33-13-11-30-9-2-1-3-10-30/h4-7,14-15,17-19,27,32H,1-3,8-13,16H2. The molecule has 5 rings (SSSR count). The van der Waals surface area contributed by atoms with Crippen LogP contribution in [0.2, 0.25) is 0 Å². The van der Waals surface area contributed by atoms with Gasteiger partial charge in [-0.05, 0) is 60.6 Å². The zero-order valence-corrected chi connectivity index (χ0v) is 20.1. The lowest BCUT2D eigenvalue weighted by molar-refractivity contribution is 0.183. The molecule has 0 unspecified atom stereocenters. The van der Waals surface area contributed by atoms with Crippen LogP contribution >= 0.6 is 11.3 Å². The number of hydrogen-bond acceptors (Lipinski definition) is 7. The monoisotopic (exact) mass is 477 g/mol. The highest BCUT2D eigenvalue weighted by Crippen LogP contribution is 2.29. The Morgan fingerprint density at radius 1 is 1.03 bits per heavy atom. The van der Waals surface area contributed by atoms with E-state index in [1.165, 1.54) is 37.2 Å². The molecule has 0 spiro atoms. The molecule has 4 aromatic rings. The Morgan fingerprint density at radius 3 is 2.71 bits per heavy atom. The molecule has 0 radical (unpaired) electrons. The first kappa shape index (κ1) is 23.0. The first-order chi connectivity index (χ1) is 16.8. The number of thiophene rings is 1. The molecule has 3 aromatic heterocycles. The van der Waals surface area contributed by atoms with Crippen molar-refractivity contribution in [3.63, 3.8) is 0 Å². The number of aromatic nitrogens is 3. The molecule has 0 aliphatic carbocycles. The smallest absolute Gasteiger partial charge is 0.162 e. The van der Waals surface area contributed by atoms with Crippen LogP contribution in [-0.4, -0.2) is 64.0 Å². The maximum absolute atomic E-state index is 8.93. The third-order valence-electron chi connectivity index (χ3n) is 6.22. The number of piperidine rings is 1. The van der Waals surface area contributed by atoms with E-state index >= 15 is 0 Å². The molecule has 0 saturated carbocycles. The maximum Gasteiger partial charge on any atom is 0.162 e. The number of ether oxygens (including phenoxy) is 1. The van der Waals surface area contributed by atoms with E-state index in [4.69, 9.17) is 14.8 Å². The number of fused-ring (bicyclic) bond motifs is 1. The van der Waals surface area contributed by atoms with Gasteiger partial charge in [0.05, 0.1) is 12.8 Å². The van der Waals surface area contributed by atoms with Gasteiger partial charge < -0.3 is 15.2 Å². The fraction of sp³-hybridized carbons (Fsp3) is 0.385. The molecule has 178 valence electrons. The molecule has 4 heterocycles. The van der Waals surface area contributed by atoms with Crippen LogP contribution in [0, 0.1) is 0 Å². The summed E-state index contributed by atoms with van der Waals surface area (Å²) in [5, 5.41) is 18.8. The van der Waals surface area contributed by atoms with Crippen LogP contribution in [0.4, 0.5) is 0 Å². The second kappa shape index (κ2) is 11.1. The van der Waals surface area contributed by atoms with Crippen LogP contribution in [0.5, 0.6) is 5.75 Å². The van der Waals surface area contributed by atoms with Crippen molar-refractivity contribution in [2.24, 2.45) is 0 Å². The number of benzene rings is 1. The Kier molecular flexibility index (Phi) is 7.50. The lowest BCUT2D eigenvalue weighted by atomic mass is 10.1. The predicted molar refractivity (Wildman–Crippen MR) is 136 cm³/mol.